The van der Waals surface area contributed by atoms with Crippen molar-refractivity contribution in [3.8, 4) is 0 Å². The van der Waals surface area contributed by atoms with Crippen LogP contribution >= 0.6 is 0 Å². The van der Waals surface area contributed by atoms with Crippen molar-refractivity contribution in [1.82, 2.24) is 5.32 Å². The lowest BCUT2D eigenvalue weighted by atomic mass is 10.1. The van der Waals surface area contributed by atoms with Crippen LogP contribution < -0.4 is 11.1 Å². The molecule has 1 aromatic heterocycles. The molecule has 1 amide bonds. The van der Waals surface area contributed by atoms with Crippen LogP contribution in [0.1, 0.15) is 38.5 Å². The van der Waals surface area contributed by atoms with Crippen molar-refractivity contribution in [3.05, 3.63) is 24.2 Å². The van der Waals surface area contributed by atoms with Crippen molar-refractivity contribution < 1.29 is 9.21 Å². The van der Waals surface area contributed by atoms with Crippen LogP contribution in [0.4, 0.5) is 0 Å². The topological polar surface area (TPSA) is 68.3 Å². The van der Waals surface area contributed by atoms with Crippen molar-refractivity contribution in [1.29, 1.82) is 0 Å². The van der Waals surface area contributed by atoms with E-state index in [9.17, 15) is 4.79 Å². The minimum absolute atomic E-state index is 0.124. The van der Waals surface area contributed by atoms with E-state index in [1.807, 2.05) is 19.9 Å². The van der Waals surface area contributed by atoms with Gasteiger partial charge in [-0.3, -0.25) is 4.79 Å². The Bertz CT molecular complexity index is 296. The van der Waals surface area contributed by atoms with E-state index in [0.717, 1.165) is 12.2 Å². The standard InChI is InChI=1S/C11H18N2O2/c1-3-5-9(12)11(14)13-8(2)10-6-4-7-15-10/h4,6-9H,3,5,12H2,1-2H3,(H,13,14)/t8-,9+/m0/s1. The molecule has 2 atom stereocenters. The molecular weight excluding hydrogens is 192 g/mol. The van der Waals surface area contributed by atoms with Crippen LogP contribution in [0.25, 0.3) is 0 Å². The van der Waals surface area contributed by atoms with Gasteiger partial charge in [-0.1, -0.05) is 13.3 Å². The van der Waals surface area contributed by atoms with Crippen LogP contribution in [0, 0.1) is 0 Å². The molecule has 1 aromatic rings. The predicted molar refractivity (Wildman–Crippen MR) is 58.1 cm³/mol. The van der Waals surface area contributed by atoms with E-state index in [2.05, 4.69) is 5.32 Å². The average molecular weight is 210 g/mol. The Morgan fingerprint density at radius 2 is 2.40 bits per heavy atom. The summed E-state index contributed by atoms with van der Waals surface area (Å²) in [5.74, 6) is 0.618. The smallest absolute Gasteiger partial charge is 0.237 e. The second-order valence-corrected chi connectivity index (χ2v) is 3.64. The second kappa shape index (κ2) is 5.56. The Kier molecular flexibility index (Phi) is 4.37. The van der Waals surface area contributed by atoms with Crippen molar-refractivity contribution in [3.63, 3.8) is 0 Å². The Labute approximate surface area is 89.8 Å². The first kappa shape index (κ1) is 11.8. The van der Waals surface area contributed by atoms with E-state index in [0.29, 0.717) is 6.42 Å². The van der Waals surface area contributed by atoms with Crippen LogP contribution in [0.15, 0.2) is 22.8 Å². The Hall–Kier alpha value is -1.29. The fourth-order valence-corrected chi connectivity index (χ4v) is 1.37. The molecule has 0 radical (unpaired) electrons. The number of carbonyl (C=O) groups excluding carboxylic acids is 1. The van der Waals surface area contributed by atoms with Crippen LogP contribution in [-0.2, 0) is 4.79 Å². The molecule has 15 heavy (non-hydrogen) atoms. The molecule has 1 heterocycles. The van der Waals surface area contributed by atoms with Gasteiger partial charge in [0.05, 0.1) is 18.3 Å². The lowest BCUT2D eigenvalue weighted by molar-refractivity contribution is -0.123. The van der Waals surface area contributed by atoms with Crippen molar-refractivity contribution in [2.24, 2.45) is 5.73 Å². The van der Waals surface area contributed by atoms with Gasteiger partial charge in [0.25, 0.3) is 0 Å². The summed E-state index contributed by atoms with van der Waals surface area (Å²) >= 11 is 0. The molecule has 0 aliphatic rings. The van der Waals surface area contributed by atoms with Gasteiger partial charge in [0.15, 0.2) is 0 Å². The molecule has 3 N–H and O–H groups in total. The lowest BCUT2D eigenvalue weighted by Crippen LogP contribution is -2.41. The number of amides is 1. The first-order chi connectivity index (χ1) is 7.15. The van der Waals surface area contributed by atoms with E-state index in [1.54, 1.807) is 12.3 Å². The molecule has 0 bridgehead atoms. The Morgan fingerprint density at radius 1 is 1.67 bits per heavy atom. The molecule has 0 spiro atoms. The number of hydrogen-bond donors (Lipinski definition) is 2. The van der Waals surface area contributed by atoms with E-state index in [4.69, 9.17) is 10.2 Å². The third-order valence-electron chi connectivity index (χ3n) is 2.27. The summed E-state index contributed by atoms with van der Waals surface area (Å²) < 4.78 is 5.18. The zero-order chi connectivity index (χ0) is 11.3. The van der Waals surface area contributed by atoms with Gasteiger partial charge in [0.1, 0.15) is 5.76 Å². The summed E-state index contributed by atoms with van der Waals surface area (Å²) in [5, 5.41) is 2.81. The molecule has 0 aliphatic heterocycles. The maximum Gasteiger partial charge on any atom is 0.237 e. The fourth-order valence-electron chi connectivity index (χ4n) is 1.37. The summed E-state index contributed by atoms with van der Waals surface area (Å²) in [7, 11) is 0. The molecule has 4 heteroatoms. The number of nitrogens with two attached hydrogens (primary N) is 1. The van der Waals surface area contributed by atoms with E-state index < -0.39 is 6.04 Å². The third kappa shape index (κ3) is 3.40. The highest BCUT2D eigenvalue weighted by Gasteiger charge is 2.16. The predicted octanol–water partition coefficient (Wildman–Crippen LogP) is 1.58. The fraction of sp³-hybridized carbons (Fsp3) is 0.545. The van der Waals surface area contributed by atoms with Crippen molar-refractivity contribution in [2.75, 3.05) is 0 Å². The van der Waals surface area contributed by atoms with Crippen molar-refractivity contribution >= 4 is 5.91 Å². The highest BCUT2D eigenvalue weighted by atomic mass is 16.3. The quantitative estimate of drug-likeness (QED) is 0.775. The highest BCUT2D eigenvalue weighted by molar-refractivity contribution is 5.81. The molecule has 84 valence electrons. The maximum absolute atomic E-state index is 11.6. The highest BCUT2D eigenvalue weighted by Crippen LogP contribution is 2.12. The van der Waals surface area contributed by atoms with Crippen LogP contribution in [0.2, 0.25) is 0 Å². The summed E-state index contributed by atoms with van der Waals surface area (Å²) in [4.78, 5) is 11.6. The second-order valence-electron chi connectivity index (χ2n) is 3.64. The van der Waals surface area contributed by atoms with Crippen molar-refractivity contribution in [2.45, 2.75) is 38.8 Å². The zero-order valence-corrected chi connectivity index (χ0v) is 9.19. The molecule has 1 rings (SSSR count). The van der Waals surface area contributed by atoms with Gasteiger partial charge in [-0.25, -0.2) is 0 Å². The summed E-state index contributed by atoms with van der Waals surface area (Å²) in [6, 6.07) is 3.07. The Morgan fingerprint density at radius 3 is 2.93 bits per heavy atom. The summed E-state index contributed by atoms with van der Waals surface area (Å²) in [5.41, 5.74) is 5.69. The molecule has 0 aromatic carbocycles. The number of furan rings is 1. The molecule has 0 saturated heterocycles. The number of carbonyl (C=O) groups is 1. The summed E-state index contributed by atoms with van der Waals surface area (Å²) in [6.45, 7) is 3.87. The number of nitrogens with one attached hydrogen (secondary N) is 1. The van der Waals surface area contributed by atoms with Gasteiger partial charge in [-0.2, -0.15) is 0 Å². The SMILES string of the molecule is CCC[C@@H](N)C(=O)N[C@@H](C)c1ccco1. The van der Waals surface area contributed by atoms with E-state index in [1.165, 1.54) is 0 Å². The number of rotatable bonds is 5. The zero-order valence-electron chi connectivity index (χ0n) is 9.19. The largest absolute Gasteiger partial charge is 0.467 e. The molecule has 0 aliphatic carbocycles. The molecular formula is C11H18N2O2. The molecule has 4 nitrogen and oxygen atoms in total. The van der Waals surface area contributed by atoms with Crippen LogP contribution in [0.5, 0.6) is 0 Å². The van der Waals surface area contributed by atoms with Gasteiger partial charge < -0.3 is 15.5 Å². The van der Waals surface area contributed by atoms with Gasteiger partial charge >= 0.3 is 0 Å². The molecule has 0 fully saturated rings. The van der Waals surface area contributed by atoms with E-state index in [-0.39, 0.29) is 11.9 Å². The van der Waals surface area contributed by atoms with Crippen LogP contribution in [-0.4, -0.2) is 11.9 Å². The van der Waals surface area contributed by atoms with E-state index >= 15 is 0 Å². The maximum atomic E-state index is 11.6. The minimum Gasteiger partial charge on any atom is -0.467 e. The summed E-state index contributed by atoms with van der Waals surface area (Å²) in [6.07, 6.45) is 3.20. The first-order valence-corrected chi connectivity index (χ1v) is 5.24. The normalized spacial score (nSPS) is 14.6. The minimum atomic E-state index is -0.424. The van der Waals surface area contributed by atoms with Gasteiger partial charge in [0.2, 0.25) is 5.91 Å². The van der Waals surface area contributed by atoms with Gasteiger partial charge in [-0.05, 0) is 25.5 Å². The van der Waals surface area contributed by atoms with Gasteiger partial charge in [0, 0.05) is 0 Å². The molecule has 0 saturated carbocycles. The van der Waals surface area contributed by atoms with Crippen LogP contribution in [0.3, 0.4) is 0 Å². The molecule has 0 unspecified atom stereocenters. The van der Waals surface area contributed by atoms with Gasteiger partial charge in [-0.15, -0.1) is 0 Å². The first-order valence-electron chi connectivity index (χ1n) is 5.24. The average Bonchev–Trinajstić information content (AvgIpc) is 2.70. The lowest BCUT2D eigenvalue weighted by Gasteiger charge is -2.15. The monoisotopic (exact) mass is 210 g/mol. The third-order valence-corrected chi connectivity index (χ3v) is 2.27. The Balaban J connectivity index is 2.44. The number of hydrogen-bond acceptors (Lipinski definition) is 3.